The highest BCUT2D eigenvalue weighted by Gasteiger charge is 2.00. The molecule has 0 bridgehead atoms. The maximum Gasteiger partial charge on any atom is 0.127 e. The minimum atomic E-state index is -0.294. The zero-order valence-electron chi connectivity index (χ0n) is 8.83. The van der Waals surface area contributed by atoms with Crippen molar-refractivity contribution in [1.82, 2.24) is 0 Å². The van der Waals surface area contributed by atoms with Crippen molar-refractivity contribution < 1.29 is 9.13 Å². The third kappa shape index (κ3) is 4.53. The van der Waals surface area contributed by atoms with Gasteiger partial charge in [-0.3, -0.25) is 0 Å². The van der Waals surface area contributed by atoms with Crippen LogP contribution in [0.4, 0.5) is 4.39 Å². The molecule has 4 heteroatoms. The Morgan fingerprint density at radius 3 is 2.87 bits per heavy atom. The number of nitrogens with two attached hydrogens (primary N) is 1. The van der Waals surface area contributed by atoms with E-state index in [1.165, 1.54) is 12.1 Å². The molecule has 0 aliphatic carbocycles. The molecule has 0 unspecified atom stereocenters. The summed E-state index contributed by atoms with van der Waals surface area (Å²) >= 11 is 1.77. The van der Waals surface area contributed by atoms with Crippen LogP contribution >= 0.6 is 11.8 Å². The van der Waals surface area contributed by atoms with Crippen molar-refractivity contribution in [3.63, 3.8) is 0 Å². The van der Waals surface area contributed by atoms with Crippen LogP contribution in [0.3, 0.4) is 0 Å². The van der Waals surface area contributed by atoms with Gasteiger partial charge in [0.2, 0.25) is 0 Å². The van der Waals surface area contributed by atoms with Crippen LogP contribution in [0.15, 0.2) is 18.2 Å². The predicted molar refractivity (Wildman–Crippen MR) is 62.8 cm³/mol. The van der Waals surface area contributed by atoms with Gasteiger partial charge in [-0.1, -0.05) is 0 Å². The predicted octanol–water partition coefficient (Wildman–Crippen LogP) is 2.42. The highest BCUT2D eigenvalue weighted by atomic mass is 32.2. The van der Waals surface area contributed by atoms with Crippen LogP contribution in [0.25, 0.3) is 0 Å². The zero-order chi connectivity index (χ0) is 11.1. The van der Waals surface area contributed by atoms with Gasteiger partial charge in [0.15, 0.2) is 0 Å². The summed E-state index contributed by atoms with van der Waals surface area (Å²) in [6, 6.07) is 4.59. The quantitative estimate of drug-likeness (QED) is 0.761. The van der Waals surface area contributed by atoms with E-state index in [0.29, 0.717) is 18.9 Å². The van der Waals surface area contributed by atoms with Crippen LogP contribution < -0.4 is 10.5 Å². The number of thioether (sulfide) groups is 1. The Morgan fingerprint density at radius 2 is 2.20 bits per heavy atom. The Kier molecular flexibility index (Phi) is 5.50. The van der Waals surface area contributed by atoms with Crippen molar-refractivity contribution in [2.45, 2.75) is 13.0 Å². The molecular weight excluding hydrogens is 213 g/mol. The molecule has 1 aromatic carbocycles. The molecule has 84 valence electrons. The second kappa shape index (κ2) is 6.69. The molecule has 15 heavy (non-hydrogen) atoms. The van der Waals surface area contributed by atoms with Crippen LogP contribution in [0.1, 0.15) is 12.0 Å². The zero-order valence-corrected chi connectivity index (χ0v) is 9.65. The highest BCUT2D eigenvalue weighted by molar-refractivity contribution is 7.98. The Hall–Kier alpha value is -0.740. The summed E-state index contributed by atoms with van der Waals surface area (Å²) in [7, 11) is 0. The third-order valence-electron chi connectivity index (χ3n) is 1.93. The molecule has 0 aliphatic rings. The standard InChI is InChI=1S/C11H16FNOS/c1-15-4-2-3-14-11-6-9(8-13)5-10(12)7-11/h5-7H,2-4,8,13H2,1H3. The van der Waals surface area contributed by atoms with Gasteiger partial charge in [0.1, 0.15) is 11.6 Å². The summed E-state index contributed by atoms with van der Waals surface area (Å²) in [5, 5.41) is 0. The van der Waals surface area contributed by atoms with Crippen molar-refractivity contribution >= 4 is 11.8 Å². The summed E-state index contributed by atoms with van der Waals surface area (Å²) in [5.74, 6) is 1.33. The van der Waals surface area contributed by atoms with Crippen molar-refractivity contribution in [2.24, 2.45) is 5.73 Å². The second-order valence-electron chi connectivity index (χ2n) is 3.19. The lowest BCUT2D eigenvalue weighted by molar-refractivity contribution is 0.316. The minimum absolute atomic E-state index is 0.294. The molecule has 0 radical (unpaired) electrons. The Labute approximate surface area is 94.0 Å². The first-order valence-corrected chi connectivity index (χ1v) is 6.27. The molecular formula is C11H16FNOS. The average Bonchev–Trinajstić information content (AvgIpc) is 2.23. The van der Waals surface area contributed by atoms with Crippen LogP contribution in [0, 0.1) is 5.82 Å². The van der Waals surface area contributed by atoms with E-state index < -0.39 is 0 Å². The molecule has 0 aromatic heterocycles. The third-order valence-corrected chi connectivity index (χ3v) is 2.63. The SMILES string of the molecule is CSCCCOc1cc(F)cc(CN)c1. The Bertz CT molecular complexity index is 307. The first kappa shape index (κ1) is 12.3. The molecule has 0 aliphatic heterocycles. The van der Waals surface area contributed by atoms with E-state index in [-0.39, 0.29) is 5.82 Å². The number of halogens is 1. The fourth-order valence-corrected chi connectivity index (χ4v) is 1.62. The fourth-order valence-electron chi connectivity index (χ4n) is 1.22. The summed E-state index contributed by atoms with van der Waals surface area (Å²) in [6.45, 7) is 0.952. The van der Waals surface area contributed by atoms with Gasteiger partial charge in [-0.05, 0) is 36.1 Å². The average molecular weight is 229 g/mol. The second-order valence-corrected chi connectivity index (χ2v) is 4.18. The molecule has 1 aromatic rings. The molecule has 0 amide bonds. The molecule has 2 N–H and O–H groups in total. The van der Waals surface area contributed by atoms with Crippen molar-refractivity contribution in [2.75, 3.05) is 18.6 Å². The molecule has 0 saturated heterocycles. The molecule has 0 saturated carbocycles. The van der Waals surface area contributed by atoms with Gasteiger partial charge in [0.05, 0.1) is 6.61 Å². The summed E-state index contributed by atoms with van der Waals surface area (Å²) in [5.41, 5.74) is 6.20. The lowest BCUT2D eigenvalue weighted by Crippen LogP contribution is -2.01. The monoisotopic (exact) mass is 229 g/mol. The van der Waals surface area contributed by atoms with Gasteiger partial charge in [-0.15, -0.1) is 0 Å². The van der Waals surface area contributed by atoms with E-state index in [9.17, 15) is 4.39 Å². The van der Waals surface area contributed by atoms with E-state index in [2.05, 4.69) is 6.26 Å². The lowest BCUT2D eigenvalue weighted by atomic mass is 10.2. The number of rotatable bonds is 6. The van der Waals surface area contributed by atoms with Crippen molar-refractivity contribution in [1.29, 1.82) is 0 Å². The summed E-state index contributed by atoms with van der Waals surface area (Å²) in [6.07, 6.45) is 3.02. The summed E-state index contributed by atoms with van der Waals surface area (Å²) < 4.78 is 18.5. The van der Waals surface area contributed by atoms with Crippen LogP contribution in [0.2, 0.25) is 0 Å². The normalized spacial score (nSPS) is 10.3. The van der Waals surface area contributed by atoms with E-state index >= 15 is 0 Å². The maximum atomic E-state index is 13.1. The number of benzene rings is 1. The largest absolute Gasteiger partial charge is 0.493 e. The van der Waals surface area contributed by atoms with Gasteiger partial charge >= 0.3 is 0 Å². The Morgan fingerprint density at radius 1 is 1.40 bits per heavy atom. The molecule has 0 spiro atoms. The van der Waals surface area contributed by atoms with E-state index in [0.717, 1.165) is 17.7 Å². The van der Waals surface area contributed by atoms with Crippen LogP contribution in [0.5, 0.6) is 5.75 Å². The highest BCUT2D eigenvalue weighted by Crippen LogP contribution is 2.16. The van der Waals surface area contributed by atoms with Crippen molar-refractivity contribution in [3.8, 4) is 5.75 Å². The molecule has 0 fully saturated rings. The topological polar surface area (TPSA) is 35.2 Å². The van der Waals surface area contributed by atoms with Gasteiger partial charge in [0.25, 0.3) is 0 Å². The first-order chi connectivity index (χ1) is 7.26. The molecule has 2 nitrogen and oxygen atoms in total. The maximum absolute atomic E-state index is 13.1. The van der Waals surface area contributed by atoms with Crippen LogP contribution in [-0.4, -0.2) is 18.6 Å². The number of hydrogen-bond acceptors (Lipinski definition) is 3. The van der Waals surface area contributed by atoms with E-state index in [1.54, 1.807) is 17.8 Å². The molecule has 1 rings (SSSR count). The molecule has 0 heterocycles. The van der Waals surface area contributed by atoms with E-state index in [1.807, 2.05) is 0 Å². The lowest BCUT2D eigenvalue weighted by Gasteiger charge is -2.07. The van der Waals surface area contributed by atoms with Gasteiger partial charge < -0.3 is 10.5 Å². The first-order valence-electron chi connectivity index (χ1n) is 4.87. The minimum Gasteiger partial charge on any atom is -0.493 e. The summed E-state index contributed by atoms with van der Waals surface area (Å²) in [4.78, 5) is 0. The van der Waals surface area contributed by atoms with Gasteiger partial charge in [-0.25, -0.2) is 4.39 Å². The van der Waals surface area contributed by atoms with E-state index in [4.69, 9.17) is 10.5 Å². The number of ether oxygens (including phenoxy) is 1. The van der Waals surface area contributed by atoms with Crippen LogP contribution in [-0.2, 0) is 6.54 Å². The molecule has 0 atom stereocenters. The van der Waals surface area contributed by atoms with Gasteiger partial charge in [0, 0.05) is 12.6 Å². The number of hydrogen-bond donors (Lipinski definition) is 1. The van der Waals surface area contributed by atoms with Crippen molar-refractivity contribution in [3.05, 3.63) is 29.6 Å². The smallest absolute Gasteiger partial charge is 0.127 e. The fraction of sp³-hybridized carbons (Fsp3) is 0.455. The van der Waals surface area contributed by atoms with Gasteiger partial charge in [-0.2, -0.15) is 11.8 Å². The Balaban J connectivity index is 2.49.